The Labute approximate surface area is 245 Å². The zero-order valence-corrected chi connectivity index (χ0v) is 25.6. The van der Waals surface area contributed by atoms with E-state index < -0.39 is 6.09 Å². The third-order valence-corrected chi connectivity index (χ3v) is 8.58. The van der Waals surface area contributed by atoms with Gasteiger partial charge in [-0.1, -0.05) is 96.5 Å². The number of hydrogen-bond acceptors (Lipinski definition) is 7. The topological polar surface area (TPSA) is 97.8 Å². The molecule has 2 atom stereocenters. The maximum absolute atomic E-state index is 12.4. The number of alkyl carbamates (subject to hydrolysis) is 1. The average Bonchev–Trinajstić information content (AvgIpc) is 2.93. The number of thioether (sulfide) groups is 1. The van der Waals surface area contributed by atoms with E-state index in [2.05, 4.69) is 17.2 Å². The van der Waals surface area contributed by atoms with Gasteiger partial charge in [-0.2, -0.15) is 0 Å². The van der Waals surface area contributed by atoms with Gasteiger partial charge in [0.1, 0.15) is 13.2 Å². The van der Waals surface area contributed by atoms with Gasteiger partial charge in [-0.25, -0.2) is 14.5 Å². The van der Waals surface area contributed by atoms with Gasteiger partial charge in [-0.3, -0.25) is 9.78 Å². The van der Waals surface area contributed by atoms with Crippen molar-refractivity contribution in [1.82, 2.24) is 15.2 Å². The first kappa shape index (κ1) is 33.9. The number of rotatable bonds is 21. The molecule has 226 valence electrons. The predicted octanol–water partition coefficient (Wildman–Crippen LogP) is 7.65. The smallest absolute Gasteiger partial charge is 0.416 e. The third-order valence-electron chi connectivity index (χ3n) is 7.15. The average molecular weight is 578 g/mol. The van der Waals surface area contributed by atoms with Crippen molar-refractivity contribution in [1.29, 1.82) is 0 Å². The molecule has 0 aromatic carbocycles. The summed E-state index contributed by atoms with van der Waals surface area (Å²) in [5.74, 6) is -0.386. The molecule has 2 unspecified atom stereocenters. The highest BCUT2D eigenvalue weighted by Gasteiger charge is 2.33. The van der Waals surface area contributed by atoms with Crippen LogP contribution in [0, 0.1) is 0 Å². The second kappa shape index (κ2) is 21.5. The molecule has 0 saturated carbocycles. The summed E-state index contributed by atoms with van der Waals surface area (Å²) in [4.78, 5) is 41.4. The van der Waals surface area contributed by atoms with Gasteiger partial charge in [0, 0.05) is 30.2 Å². The number of pyridine rings is 1. The van der Waals surface area contributed by atoms with Crippen molar-refractivity contribution in [2.45, 2.75) is 127 Å². The highest BCUT2D eigenvalue weighted by Crippen LogP contribution is 2.36. The molecule has 0 aliphatic carbocycles. The van der Waals surface area contributed by atoms with Gasteiger partial charge >= 0.3 is 12.2 Å². The van der Waals surface area contributed by atoms with Crippen LogP contribution in [0.3, 0.4) is 0 Å². The fraction of sp³-hybridized carbons (Fsp3) is 0.742. The zero-order valence-electron chi connectivity index (χ0n) is 24.7. The molecule has 1 aromatic heterocycles. The molecule has 8 nitrogen and oxygen atoms in total. The molecule has 2 rings (SSSR count). The van der Waals surface area contributed by atoms with Crippen LogP contribution in [0.25, 0.3) is 0 Å². The van der Waals surface area contributed by atoms with E-state index >= 15 is 0 Å². The van der Waals surface area contributed by atoms with Crippen LogP contribution < -0.4 is 5.32 Å². The molecule has 9 heteroatoms. The van der Waals surface area contributed by atoms with E-state index in [9.17, 15) is 14.4 Å². The molecule has 1 aromatic rings. The number of aromatic nitrogens is 1. The number of nitrogens with one attached hydrogen (secondary N) is 1. The fourth-order valence-electron chi connectivity index (χ4n) is 4.70. The second-order valence-corrected chi connectivity index (χ2v) is 12.3. The van der Waals surface area contributed by atoms with Crippen molar-refractivity contribution in [3.63, 3.8) is 0 Å². The lowest BCUT2D eigenvalue weighted by molar-refractivity contribution is -0.127. The van der Waals surface area contributed by atoms with E-state index in [1.165, 1.54) is 84.0 Å². The van der Waals surface area contributed by atoms with Crippen LogP contribution in [-0.2, 0) is 20.8 Å². The minimum absolute atomic E-state index is 0.0811. The Morgan fingerprint density at radius 1 is 0.875 bits per heavy atom. The molecule has 0 radical (unpaired) electrons. The summed E-state index contributed by atoms with van der Waals surface area (Å²) >= 11 is 1.63. The quantitative estimate of drug-likeness (QED) is 0.150. The summed E-state index contributed by atoms with van der Waals surface area (Å²) in [7, 11) is 0. The van der Waals surface area contributed by atoms with Crippen LogP contribution in [0.15, 0.2) is 24.4 Å². The third kappa shape index (κ3) is 15.5. The number of unbranched alkanes of at least 4 members (excludes halogenated alkanes) is 13. The molecule has 0 spiro atoms. The van der Waals surface area contributed by atoms with Crippen LogP contribution in [-0.4, -0.2) is 58.2 Å². The maximum Gasteiger partial charge on any atom is 0.416 e. The fourth-order valence-corrected chi connectivity index (χ4v) is 5.86. The van der Waals surface area contributed by atoms with Crippen molar-refractivity contribution in [3.8, 4) is 0 Å². The van der Waals surface area contributed by atoms with Gasteiger partial charge in [0.05, 0.1) is 12.2 Å². The number of carbonyl (C=O) groups is 3. The van der Waals surface area contributed by atoms with Crippen LogP contribution >= 0.6 is 11.8 Å². The van der Waals surface area contributed by atoms with E-state index in [0.29, 0.717) is 18.8 Å². The molecule has 1 aliphatic rings. The van der Waals surface area contributed by atoms with Gasteiger partial charge < -0.3 is 14.8 Å². The highest BCUT2D eigenvalue weighted by molar-refractivity contribution is 8.01. The lowest BCUT2D eigenvalue weighted by Gasteiger charge is -2.34. The lowest BCUT2D eigenvalue weighted by Crippen LogP contribution is -2.40. The predicted molar refractivity (Wildman–Crippen MR) is 161 cm³/mol. The first-order valence-electron chi connectivity index (χ1n) is 15.4. The van der Waals surface area contributed by atoms with Crippen LogP contribution in [0.5, 0.6) is 0 Å². The van der Waals surface area contributed by atoms with Crippen LogP contribution in [0.2, 0.25) is 0 Å². The summed E-state index contributed by atoms with van der Waals surface area (Å²) < 4.78 is 10.7. The summed E-state index contributed by atoms with van der Waals surface area (Å²) in [6.07, 6.45) is 19.8. The largest absolute Gasteiger partial charge is 0.448 e. The van der Waals surface area contributed by atoms with Gasteiger partial charge in [0.25, 0.3) is 0 Å². The highest BCUT2D eigenvalue weighted by atomic mass is 32.2. The zero-order chi connectivity index (χ0) is 28.8. The molecular weight excluding hydrogens is 526 g/mol. The number of hydrogen-bond donors (Lipinski definition) is 1. The minimum atomic E-state index is -0.665. The van der Waals surface area contributed by atoms with Crippen molar-refractivity contribution in [3.05, 3.63) is 30.1 Å². The molecule has 0 bridgehead atoms. The van der Waals surface area contributed by atoms with Gasteiger partial charge in [-0.05, 0) is 25.0 Å². The molecule has 3 amide bonds. The van der Waals surface area contributed by atoms with Crippen LogP contribution in [0.1, 0.15) is 116 Å². The monoisotopic (exact) mass is 577 g/mol. The summed E-state index contributed by atoms with van der Waals surface area (Å²) in [5.41, 5.74) is 0.618. The maximum atomic E-state index is 12.4. The Kier molecular flexibility index (Phi) is 18.2. The minimum Gasteiger partial charge on any atom is -0.448 e. The molecular formula is C31H51N3O5S. The van der Waals surface area contributed by atoms with E-state index in [4.69, 9.17) is 9.47 Å². The first-order valence-corrected chi connectivity index (χ1v) is 16.3. The van der Waals surface area contributed by atoms with Crippen molar-refractivity contribution < 1.29 is 23.9 Å². The molecule has 40 heavy (non-hydrogen) atoms. The Bertz CT molecular complexity index is 836. The summed E-state index contributed by atoms with van der Waals surface area (Å²) in [5, 5.41) is 3.18. The Morgan fingerprint density at radius 3 is 1.95 bits per heavy atom. The summed E-state index contributed by atoms with van der Waals surface area (Å²) in [6, 6.07) is 5.34. The van der Waals surface area contributed by atoms with Gasteiger partial charge in [-0.15, -0.1) is 11.8 Å². The summed E-state index contributed by atoms with van der Waals surface area (Å²) in [6.45, 7) is 4.90. The molecule has 2 heterocycles. The number of carbonyl (C=O) groups excluding carboxylic acids is 3. The molecule has 1 N–H and O–H groups in total. The Morgan fingerprint density at radius 2 is 1.43 bits per heavy atom. The second-order valence-electron chi connectivity index (χ2n) is 10.7. The SMILES string of the molecule is CCCCCCCCCCCCCCCCNC(=O)OCC1CC(COC(=O)N(Cc2ccccn2)C(C)=O)S1. The Balaban J connectivity index is 1.38. The number of nitrogens with zero attached hydrogens (tertiary/aromatic N) is 2. The number of amides is 3. The van der Waals surface area contributed by atoms with Gasteiger partial charge in [0.15, 0.2) is 0 Å². The molecule has 1 saturated heterocycles. The lowest BCUT2D eigenvalue weighted by atomic mass is 10.0. The van der Waals surface area contributed by atoms with Crippen molar-refractivity contribution >= 4 is 29.9 Å². The number of imide groups is 1. The van der Waals surface area contributed by atoms with Crippen molar-refractivity contribution in [2.75, 3.05) is 19.8 Å². The van der Waals surface area contributed by atoms with E-state index in [1.807, 2.05) is 0 Å². The van der Waals surface area contributed by atoms with Gasteiger partial charge in [0.2, 0.25) is 5.91 Å². The van der Waals surface area contributed by atoms with E-state index in [0.717, 1.165) is 24.2 Å². The van der Waals surface area contributed by atoms with E-state index in [1.54, 1.807) is 36.2 Å². The van der Waals surface area contributed by atoms with E-state index in [-0.39, 0.29) is 35.7 Å². The normalized spacial score (nSPS) is 16.1. The first-order chi connectivity index (χ1) is 19.5. The molecule has 1 aliphatic heterocycles. The molecule has 1 fully saturated rings. The van der Waals surface area contributed by atoms with Crippen molar-refractivity contribution in [2.24, 2.45) is 0 Å². The Hall–Kier alpha value is -2.29. The standard InChI is InChI=1S/C31H51N3O5S/c1-3-4-5-6-7-8-9-10-11-12-13-14-15-17-21-33-30(36)38-24-28-22-29(40-28)25-39-31(37)34(26(2)35)23-27-19-16-18-20-32-27/h16,18-20,28-29H,3-15,17,21-25H2,1-2H3,(H,33,36). The van der Waals surface area contributed by atoms with Crippen LogP contribution in [0.4, 0.5) is 9.59 Å². The number of ether oxygens (including phenoxy) is 2.